The molecule has 6 rings (SSSR count). The monoisotopic (exact) mass is 445 g/mol. The molecule has 3 aromatic carbocycles. The molecule has 0 atom stereocenters. The Balaban J connectivity index is 1.60. The van der Waals surface area contributed by atoms with Gasteiger partial charge in [0, 0.05) is 24.0 Å². The summed E-state index contributed by atoms with van der Waals surface area (Å²) in [5.74, 6) is 0. The van der Waals surface area contributed by atoms with Crippen molar-refractivity contribution in [3.8, 4) is 0 Å². The quantitative estimate of drug-likeness (QED) is 0.350. The Bertz CT molecular complexity index is 1890. The maximum absolute atomic E-state index is 13.6. The number of pyridine rings is 2. The summed E-state index contributed by atoms with van der Waals surface area (Å²) in [4.78, 5) is 31.5. The lowest BCUT2D eigenvalue weighted by molar-refractivity contribution is 1.00. The van der Waals surface area contributed by atoms with Gasteiger partial charge in [-0.15, -0.1) is 0 Å². The fourth-order valence-corrected chi connectivity index (χ4v) is 4.79. The van der Waals surface area contributed by atoms with Crippen molar-refractivity contribution in [3.63, 3.8) is 0 Å². The topological polar surface area (TPSA) is 56.4 Å². The van der Waals surface area contributed by atoms with E-state index in [1.807, 2.05) is 42.8 Å². The summed E-state index contributed by atoms with van der Waals surface area (Å²) in [6.45, 7) is 4.02. The standard InChI is InChI=1S/C29H23N3O2/c1-17-4-7-19(8-5-17)12-20-9-10-25-22(13-20)28(33)23-14-24-21(15-26(23)31(25)3)29(34)32-16-18(2)6-11-27(32)30-24/h4-11,13-16H,12H2,1-3H3. The van der Waals surface area contributed by atoms with Crippen molar-refractivity contribution in [2.24, 2.45) is 7.05 Å². The Morgan fingerprint density at radius 1 is 0.735 bits per heavy atom. The highest BCUT2D eigenvalue weighted by molar-refractivity contribution is 6.00. The molecule has 34 heavy (non-hydrogen) atoms. The summed E-state index contributed by atoms with van der Waals surface area (Å²) in [6, 6.07) is 21.8. The van der Waals surface area contributed by atoms with Gasteiger partial charge in [-0.3, -0.25) is 14.0 Å². The Kier molecular flexibility index (Phi) is 4.42. The molecule has 0 amide bonds. The molecule has 0 spiro atoms. The van der Waals surface area contributed by atoms with Crippen molar-refractivity contribution in [1.29, 1.82) is 0 Å². The van der Waals surface area contributed by atoms with Gasteiger partial charge in [-0.2, -0.15) is 0 Å². The maximum Gasteiger partial charge on any atom is 0.265 e. The van der Waals surface area contributed by atoms with Crippen LogP contribution in [0, 0.1) is 13.8 Å². The Labute approximate surface area is 195 Å². The molecule has 0 fully saturated rings. The van der Waals surface area contributed by atoms with E-state index in [2.05, 4.69) is 42.2 Å². The number of benzene rings is 3. The van der Waals surface area contributed by atoms with E-state index in [-0.39, 0.29) is 11.0 Å². The molecule has 0 radical (unpaired) electrons. The third-order valence-corrected chi connectivity index (χ3v) is 6.67. The largest absolute Gasteiger partial charge is 0.343 e. The zero-order valence-electron chi connectivity index (χ0n) is 19.3. The normalized spacial score (nSPS) is 11.7. The van der Waals surface area contributed by atoms with Gasteiger partial charge in [0.1, 0.15) is 5.65 Å². The van der Waals surface area contributed by atoms with Crippen LogP contribution in [0.4, 0.5) is 0 Å². The van der Waals surface area contributed by atoms with Gasteiger partial charge < -0.3 is 4.57 Å². The molecule has 3 aromatic heterocycles. The fourth-order valence-electron chi connectivity index (χ4n) is 4.79. The summed E-state index contributed by atoms with van der Waals surface area (Å²) < 4.78 is 3.56. The minimum atomic E-state index is -0.133. The van der Waals surface area contributed by atoms with E-state index in [4.69, 9.17) is 0 Å². The van der Waals surface area contributed by atoms with Gasteiger partial charge in [-0.1, -0.05) is 42.0 Å². The summed E-state index contributed by atoms with van der Waals surface area (Å²) in [5, 5.41) is 1.74. The third kappa shape index (κ3) is 3.12. The number of aryl methyl sites for hydroxylation is 3. The average molecular weight is 446 g/mol. The molecular weight excluding hydrogens is 422 g/mol. The molecule has 0 saturated heterocycles. The first kappa shape index (κ1) is 20.4. The van der Waals surface area contributed by atoms with E-state index in [0.717, 1.165) is 28.6 Å². The minimum absolute atomic E-state index is 0.0401. The van der Waals surface area contributed by atoms with Crippen LogP contribution in [0.25, 0.3) is 38.4 Å². The van der Waals surface area contributed by atoms with Gasteiger partial charge in [-0.25, -0.2) is 4.98 Å². The Morgan fingerprint density at radius 3 is 2.24 bits per heavy atom. The first-order valence-corrected chi connectivity index (χ1v) is 11.3. The highest BCUT2D eigenvalue weighted by Crippen LogP contribution is 2.24. The van der Waals surface area contributed by atoms with Crippen LogP contribution in [0.3, 0.4) is 0 Å². The van der Waals surface area contributed by atoms with Gasteiger partial charge in [0.15, 0.2) is 5.43 Å². The molecule has 5 heteroatoms. The molecule has 0 aliphatic heterocycles. The lowest BCUT2D eigenvalue weighted by atomic mass is 10.0. The van der Waals surface area contributed by atoms with Gasteiger partial charge in [0.2, 0.25) is 0 Å². The summed E-state index contributed by atoms with van der Waals surface area (Å²) in [5.41, 5.74) is 7.01. The lowest BCUT2D eigenvalue weighted by Gasteiger charge is -2.13. The first-order chi connectivity index (χ1) is 16.4. The highest BCUT2D eigenvalue weighted by atomic mass is 16.1. The summed E-state index contributed by atoms with van der Waals surface area (Å²) >= 11 is 0. The Morgan fingerprint density at radius 2 is 1.44 bits per heavy atom. The van der Waals surface area contributed by atoms with Crippen LogP contribution in [-0.4, -0.2) is 14.0 Å². The van der Waals surface area contributed by atoms with Crippen LogP contribution < -0.4 is 11.0 Å². The van der Waals surface area contributed by atoms with Crippen LogP contribution in [-0.2, 0) is 13.5 Å². The molecule has 166 valence electrons. The van der Waals surface area contributed by atoms with E-state index in [0.29, 0.717) is 27.3 Å². The SMILES string of the molecule is Cc1ccc(Cc2ccc3c(c2)c(=O)c2cc4nc5ccc(C)cn5c(=O)c4cc2n3C)cc1. The predicted octanol–water partition coefficient (Wildman–Crippen LogP) is 5.06. The number of hydrogen-bond donors (Lipinski definition) is 0. The van der Waals surface area contributed by atoms with E-state index >= 15 is 0 Å². The van der Waals surface area contributed by atoms with Crippen molar-refractivity contribution in [1.82, 2.24) is 14.0 Å². The number of fused-ring (bicyclic) bond motifs is 4. The molecule has 5 nitrogen and oxygen atoms in total. The van der Waals surface area contributed by atoms with Crippen LogP contribution in [0.15, 0.2) is 82.5 Å². The van der Waals surface area contributed by atoms with Gasteiger partial charge in [0.05, 0.1) is 21.9 Å². The van der Waals surface area contributed by atoms with Crippen molar-refractivity contribution in [2.45, 2.75) is 20.3 Å². The molecule has 0 unspecified atom stereocenters. The number of hydrogen-bond acceptors (Lipinski definition) is 3. The molecular formula is C29H23N3O2. The minimum Gasteiger partial charge on any atom is -0.343 e. The highest BCUT2D eigenvalue weighted by Gasteiger charge is 2.14. The first-order valence-electron chi connectivity index (χ1n) is 11.3. The lowest BCUT2D eigenvalue weighted by Crippen LogP contribution is -2.17. The zero-order valence-corrected chi connectivity index (χ0v) is 19.3. The summed E-state index contributed by atoms with van der Waals surface area (Å²) in [7, 11) is 1.94. The molecule has 3 heterocycles. The van der Waals surface area contributed by atoms with Crippen molar-refractivity contribution >= 4 is 38.4 Å². The molecule has 0 saturated carbocycles. The van der Waals surface area contributed by atoms with Gasteiger partial charge in [0.25, 0.3) is 5.56 Å². The van der Waals surface area contributed by atoms with Crippen molar-refractivity contribution < 1.29 is 0 Å². The van der Waals surface area contributed by atoms with Crippen molar-refractivity contribution in [2.75, 3.05) is 0 Å². The number of aromatic nitrogens is 3. The van der Waals surface area contributed by atoms with E-state index in [1.54, 1.807) is 22.7 Å². The zero-order chi connectivity index (χ0) is 23.6. The summed E-state index contributed by atoms with van der Waals surface area (Å²) in [6.07, 6.45) is 2.56. The molecule has 0 aliphatic carbocycles. The molecule has 6 aromatic rings. The molecule has 0 N–H and O–H groups in total. The molecule has 0 aliphatic rings. The van der Waals surface area contributed by atoms with Crippen molar-refractivity contribution in [3.05, 3.63) is 116 Å². The second-order valence-corrected chi connectivity index (χ2v) is 9.14. The van der Waals surface area contributed by atoms with Gasteiger partial charge >= 0.3 is 0 Å². The fraction of sp³-hybridized carbons (Fsp3) is 0.138. The van der Waals surface area contributed by atoms with Crippen LogP contribution >= 0.6 is 0 Å². The Hall–Kier alpha value is -4.25. The smallest absolute Gasteiger partial charge is 0.265 e. The number of nitrogens with zero attached hydrogens (tertiary/aromatic N) is 3. The maximum atomic E-state index is 13.6. The van der Waals surface area contributed by atoms with Crippen LogP contribution in [0.1, 0.15) is 22.3 Å². The van der Waals surface area contributed by atoms with Gasteiger partial charge in [-0.05, 0) is 67.3 Å². The van der Waals surface area contributed by atoms with E-state index in [1.165, 1.54) is 11.1 Å². The second kappa shape index (κ2) is 7.39. The molecule has 0 bridgehead atoms. The second-order valence-electron chi connectivity index (χ2n) is 9.14. The van der Waals surface area contributed by atoms with Crippen LogP contribution in [0.2, 0.25) is 0 Å². The third-order valence-electron chi connectivity index (χ3n) is 6.67. The predicted molar refractivity (Wildman–Crippen MR) is 138 cm³/mol. The van der Waals surface area contributed by atoms with Crippen LogP contribution in [0.5, 0.6) is 0 Å². The van der Waals surface area contributed by atoms with E-state index in [9.17, 15) is 9.59 Å². The number of rotatable bonds is 2. The van der Waals surface area contributed by atoms with E-state index < -0.39 is 0 Å². The average Bonchev–Trinajstić information content (AvgIpc) is 2.84.